The first kappa shape index (κ1) is 22.6. The summed E-state index contributed by atoms with van der Waals surface area (Å²) in [5, 5.41) is 3.54. The Hall–Kier alpha value is -1.10. The highest BCUT2D eigenvalue weighted by Gasteiger charge is 2.48. The molecule has 0 aromatic rings. The molecule has 5 heteroatoms. The average Bonchev–Trinajstić information content (AvgIpc) is 2.89. The standard InChI is InChI=1S/C24H41NO4/c1-16-6-12-19(13-7-16)29-21(26)18-10-8-17(9-11-18)15-28-22(27)20-14-23(2,3)25-24(20,4)5/h16-20,25H,6-15H2,1-5H3. The molecule has 0 bridgehead atoms. The number of hydrogen-bond donors (Lipinski definition) is 1. The zero-order chi connectivity index (χ0) is 21.2. The minimum atomic E-state index is -0.237. The van der Waals surface area contributed by atoms with Crippen LogP contribution in [-0.2, 0) is 19.1 Å². The summed E-state index contributed by atoms with van der Waals surface area (Å²) >= 11 is 0. The Balaban J connectivity index is 1.37. The number of hydrogen-bond acceptors (Lipinski definition) is 5. The van der Waals surface area contributed by atoms with Gasteiger partial charge in [0.25, 0.3) is 0 Å². The SMILES string of the molecule is CC1CCC(OC(=O)C2CCC(COC(=O)C3CC(C)(C)NC3(C)C)CC2)CC1. The van der Waals surface area contributed by atoms with Crippen LogP contribution in [0.15, 0.2) is 0 Å². The van der Waals surface area contributed by atoms with Gasteiger partial charge in [0.05, 0.1) is 18.4 Å². The van der Waals surface area contributed by atoms with Crippen molar-refractivity contribution in [1.29, 1.82) is 0 Å². The molecule has 29 heavy (non-hydrogen) atoms. The molecule has 2 aliphatic carbocycles. The van der Waals surface area contributed by atoms with Crippen LogP contribution in [0.4, 0.5) is 0 Å². The Bertz CT molecular complexity index is 584. The van der Waals surface area contributed by atoms with Gasteiger partial charge in [-0.2, -0.15) is 0 Å². The minimum absolute atomic E-state index is 0.000934. The molecule has 1 heterocycles. The van der Waals surface area contributed by atoms with E-state index in [0.717, 1.165) is 50.9 Å². The second-order valence-electron chi connectivity index (χ2n) is 11.2. The van der Waals surface area contributed by atoms with Crippen molar-refractivity contribution >= 4 is 11.9 Å². The third-order valence-electron chi connectivity index (χ3n) is 7.42. The number of rotatable bonds is 5. The van der Waals surface area contributed by atoms with E-state index < -0.39 is 0 Å². The summed E-state index contributed by atoms with van der Waals surface area (Å²) in [5.74, 6) is 0.966. The van der Waals surface area contributed by atoms with E-state index in [0.29, 0.717) is 12.5 Å². The van der Waals surface area contributed by atoms with Crippen LogP contribution in [0.5, 0.6) is 0 Å². The quantitative estimate of drug-likeness (QED) is 0.674. The number of esters is 2. The summed E-state index contributed by atoms with van der Waals surface area (Å²) in [4.78, 5) is 25.2. The lowest BCUT2D eigenvalue weighted by Gasteiger charge is -2.31. The van der Waals surface area contributed by atoms with Gasteiger partial charge in [0.2, 0.25) is 0 Å². The van der Waals surface area contributed by atoms with Crippen LogP contribution in [0, 0.1) is 23.7 Å². The molecule has 2 saturated carbocycles. The number of carbonyl (C=O) groups is 2. The molecular formula is C24H41NO4. The molecule has 3 aliphatic rings. The summed E-state index contributed by atoms with van der Waals surface area (Å²) in [6.45, 7) is 11.2. The van der Waals surface area contributed by atoms with Gasteiger partial charge in [0.1, 0.15) is 6.10 Å². The van der Waals surface area contributed by atoms with E-state index in [1.54, 1.807) is 0 Å². The molecule has 166 valence electrons. The van der Waals surface area contributed by atoms with E-state index in [-0.39, 0.29) is 41.0 Å². The zero-order valence-corrected chi connectivity index (χ0v) is 19.1. The molecule has 1 aliphatic heterocycles. The van der Waals surface area contributed by atoms with Gasteiger partial charge in [-0.05, 0) is 97.3 Å². The Kier molecular flexibility index (Phi) is 6.97. The smallest absolute Gasteiger partial charge is 0.310 e. The fourth-order valence-electron chi connectivity index (χ4n) is 5.63. The minimum Gasteiger partial charge on any atom is -0.465 e. The topological polar surface area (TPSA) is 64.6 Å². The van der Waals surface area contributed by atoms with E-state index in [1.165, 1.54) is 12.8 Å². The Morgan fingerprint density at radius 3 is 2.07 bits per heavy atom. The molecule has 1 N–H and O–H groups in total. The van der Waals surface area contributed by atoms with Gasteiger partial charge >= 0.3 is 11.9 Å². The number of ether oxygens (including phenoxy) is 2. The third kappa shape index (κ3) is 5.96. The third-order valence-corrected chi connectivity index (χ3v) is 7.42. The Labute approximate surface area is 176 Å². The van der Waals surface area contributed by atoms with Gasteiger partial charge in [0.15, 0.2) is 0 Å². The van der Waals surface area contributed by atoms with Gasteiger partial charge in [-0.15, -0.1) is 0 Å². The fraction of sp³-hybridized carbons (Fsp3) is 0.917. The van der Waals surface area contributed by atoms with Crippen molar-refractivity contribution in [2.24, 2.45) is 23.7 Å². The lowest BCUT2D eigenvalue weighted by atomic mass is 9.82. The molecule has 1 unspecified atom stereocenters. The van der Waals surface area contributed by atoms with Crippen LogP contribution in [0.25, 0.3) is 0 Å². The summed E-state index contributed by atoms with van der Waals surface area (Å²) in [7, 11) is 0. The van der Waals surface area contributed by atoms with Crippen LogP contribution in [0.1, 0.15) is 92.4 Å². The first-order valence-electron chi connectivity index (χ1n) is 11.7. The van der Waals surface area contributed by atoms with E-state index in [9.17, 15) is 9.59 Å². The number of nitrogens with one attached hydrogen (secondary N) is 1. The maximum Gasteiger partial charge on any atom is 0.310 e. The lowest BCUT2D eigenvalue weighted by Crippen LogP contribution is -2.46. The van der Waals surface area contributed by atoms with Crippen molar-refractivity contribution in [2.45, 2.75) is 110 Å². The van der Waals surface area contributed by atoms with Crippen molar-refractivity contribution in [3.63, 3.8) is 0 Å². The molecule has 0 aromatic heterocycles. The van der Waals surface area contributed by atoms with Gasteiger partial charge in [-0.3, -0.25) is 9.59 Å². The predicted molar refractivity (Wildman–Crippen MR) is 113 cm³/mol. The van der Waals surface area contributed by atoms with Gasteiger partial charge in [-0.1, -0.05) is 6.92 Å². The molecular weight excluding hydrogens is 366 g/mol. The summed E-state index contributed by atoms with van der Waals surface area (Å²) < 4.78 is 11.5. The van der Waals surface area contributed by atoms with Crippen LogP contribution in [0.2, 0.25) is 0 Å². The molecule has 0 amide bonds. The fourth-order valence-corrected chi connectivity index (χ4v) is 5.63. The molecule has 3 fully saturated rings. The first-order chi connectivity index (χ1) is 13.6. The van der Waals surface area contributed by atoms with Gasteiger partial charge in [-0.25, -0.2) is 0 Å². The molecule has 1 atom stereocenters. The van der Waals surface area contributed by atoms with Crippen molar-refractivity contribution in [3.05, 3.63) is 0 Å². The number of carbonyl (C=O) groups excluding carboxylic acids is 2. The van der Waals surface area contributed by atoms with E-state index >= 15 is 0 Å². The zero-order valence-electron chi connectivity index (χ0n) is 19.1. The molecule has 0 radical (unpaired) electrons. The summed E-state index contributed by atoms with van der Waals surface area (Å²) in [5.41, 5.74) is -0.277. The van der Waals surface area contributed by atoms with Crippen molar-refractivity contribution in [2.75, 3.05) is 6.61 Å². The maximum atomic E-state index is 12.7. The molecule has 5 nitrogen and oxygen atoms in total. The largest absolute Gasteiger partial charge is 0.465 e. The lowest BCUT2D eigenvalue weighted by molar-refractivity contribution is -0.159. The Morgan fingerprint density at radius 1 is 0.897 bits per heavy atom. The van der Waals surface area contributed by atoms with Crippen molar-refractivity contribution in [1.82, 2.24) is 5.32 Å². The Morgan fingerprint density at radius 2 is 1.52 bits per heavy atom. The van der Waals surface area contributed by atoms with Gasteiger partial charge in [0, 0.05) is 11.1 Å². The highest BCUT2D eigenvalue weighted by atomic mass is 16.5. The predicted octanol–water partition coefficient (Wildman–Crippen LogP) is 4.62. The van der Waals surface area contributed by atoms with Crippen LogP contribution in [0.3, 0.4) is 0 Å². The molecule has 0 spiro atoms. The maximum absolute atomic E-state index is 12.7. The second-order valence-corrected chi connectivity index (χ2v) is 11.2. The van der Waals surface area contributed by atoms with E-state index in [4.69, 9.17) is 9.47 Å². The van der Waals surface area contributed by atoms with Crippen LogP contribution < -0.4 is 5.32 Å². The molecule has 0 aromatic carbocycles. The normalized spacial score (nSPS) is 36.4. The van der Waals surface area contributed by atoms with Crippen LogP contribution >= 0.6 is 0 Å². The van der Waals surface area contributed by atoms with Crippen molar-refractivity contribution < 1.29 is 19.1 Å². The monoisotopic (exact) mass is 407 g/mol. The summed E-state index contributed by atoms with van der Waals surface area (Å²) in [6.07, 6.45) is 8.88. The molecule has 3 rings (SSSR count). The van der Waals surface area contributed by atoms with Crippen LogP contribution in [-0.4, -0.2) is 35.7 Å². The van der Waals surface area contributed by atoms with Crippen molar-refractivity contribution in [3.8, 4) is 0 Å². The second kappa shape index (κ2) is 8.95. The highest BCUT2D eigenvalue weighted by Crippen LogP contribution is 2.37. The van der Waals surface area contributed by atoms with E-state index in [1.807, 2.05) is 0 Å². The molecule has 1 saturated heterocycles. The van der Waals surface area contributed by atoms with E-state index in [2.05, 4.69) is 39.9 Å². The summed E-state index contributed by atoms with van der Waals surface area (Å²) in [6, 6.07) is 0. The van der Waals surface area contributed by atoms with Gasteiger partial charge < -0.3 is 14.8 Å². The average molecular weight is 408 g/mol. The highest BCUT2D eigenvalue weighted by molar-refractivity contribution is 5.75. The first-order valence-corrected chi connectivity index (χ1v) is 11.7.